The van der Waals surface area contributed by atoms with Gasteiger partial charge >= 0.3 is 0 Å². The molecule has 0 fully saturated rings. The van der Waals surface area contributed by atoms with Gasteiger partial charge in [0, 0.05) is 13.1 Å². The lowest BCUT2D eigenvalue weighted by atomic mass is 10.0. The summed E-state index contributed by atoms with van der Waals surface area (Å²) < 4.78 is 0. The van der Waals surface area contributed by atoms with Crippen molar-refractivity contribution in [3.05, 3.63) is 34.9 Å². The molecule has 3 nitrogen and oxygen atoms in total. The maximum Gasteiger partial charge on any atom is 0.0359 e. The van der Waals surface area contributed by atoms with Gasteiger partial charge in [-0.25, -0.2) is 4.84 Å². The summed E-state index contributed by atoms with van der Waals surface area (Å²) in [5.74, 6) is 0. The van der Waals surface area contributed by atoms with Gasteiger partial charge in [0.25, 0.3) is 0 Å². The molecular weight excluding hydrogens is 198 g/mol. The van der Waals surface area contributed by atoms with Gasteiger partial charge in [-0.2, -0.15) is 0 Å². The molecule has 0 saturated carbocycles. The fourth-order valence-corrected chi connectivity index (χ4v) is 1.61. The van der Waals surface area contributed by atoms with E-state index in [9.17, 15) is 0 Å². The molecule has 0 aliphatic heterocycles. The van der Waals surface area contributed by atoms with Gasteiger partial charge in [0.15, 0.2) is 0 Å². The van der Waals surface area contributed by atoms with Crippen molar-refractivity contribution < 1.29 is 0 Å². The Morgan fingerprint density at radius 2 is 2.00 bits per heavy atom. The monoisotopic (exact) mass is 213 g/mol. The Morgan fingerprint density at radius 3 is 2.57 bits per heavy atom. The van der Waals surface area contributed by atoms with E-state index in [0.717, 1.165) is 17.5 Å². The van der Waals surface area contributed by atoms with Crippen LogP contribution in [-0.4, -0.2) is 6.54 Å². The topological polar surface area (TPSA) is 64.1 Å². The van der Waals surface area contributed by atoms with Crippen molar-refractivity contribution in [2.75, 3.05) is 6.54 Å². The summed E-state index contributed by atoms with van der Waals surface area (Å²) in [4.78, 5) is 2.59. The van der Waals surface area contributed by atoms with Crippen molar-refractivity contribution in [3.63, 3.8) is 0 Å². The Morgan fingerprint density at radius 1 is 1.21 bits per heavy atom. The first kappa shape index (κ1) is 11.5. The number of nitrogens with two attached hydrogens (primary N) is 2. The molecule has 1 aromatic rings. The normalized spacial score (nSPS) is 10.5. The first-order valence-corrected chi connectivity index (χ1v) is 5.04. The Bertz CT molecular complexity index is 289. The molecular formula is C10H16ClN3. The molecule has 14 heavy (non-hydrogen) atoms. The van der Waals surface area contributed by atoms with Crippen molar-refractivity contribution in [1.82, 2.24) is 4.84 Å². The maximum absolute atomic E-state index is 5.65. The third kappa shape index (κ3) is 2.96. The van der Waals surface area contributed by atoms with Crippen LogP contribution in [0, 0.1) is 0 Å². The molecule has 0 aliphatic rings. The zero-order valence-electron chi connectivity index (χ0n) is 8.09. The SMILES string of the molecule is NCCc1ccc(CNCl)cc1CN. The lowest BCUT2D eigenvalue weighted by Crippen LogP contribution is -2.09. The van der Waals surface area contributed by atoms with Gasteiger partial charge < -0.3 is 11.5 Å². The first-order chi connectivity index (χ1) is 6.81. The van der Waals surface area contributed by atoms with E-state index < -0.39 is 0 Å². The van der Waals surface area contributed by atoms with Crippen LogP contribution in [-0.2, 0) is 19.5 Å². The molecule has 0 aromatic heterocycles. The van der Waals surface area contributed by atoms with Gasteiger partial charge in [0.1, 0.15) is 0 Å². The number of hydrogen-bond acceptors (Lipinski definition) is 3. The average molecular weight is 214 g/mol. The second-order valence-electron chi connectivity index (χ2n) is 3.16. The largest absolute Gasteiger partial charge is 0.330 e. The van der Waals surface area contributed by atoms with Crippen LogP contribution in [0.1, 0.15) is 16.7 Å². The van der Waals surface area contributed by atoms with Crippen molar-refractivity contribution in [1.29, 1.82) is 0 Å². The molecule has 0 aliphatic carbocycles. The summed E-state index contributed by atoms with van der Waals surface area (Å²) in [6.45, 7) is 1.85. The number of nitrogens with one attached hydrogen (secondary N) is 1. The summed E-state index contributed by atoms with van der Waals surface area (Å²) in [6, 6.07) is 6.18. The summed E-state index contributed by atoms with van der Waals surface area (Å²) in [5, 5.41) is 0. The first-order valence-electron chi connectivity index (χ1n) is 4.66. The van der Waals surface area contributed by atoms with Crippen molar-refractivity contribution in [2.24, 2.45) is 11.5 Å². The van der Waals surface area contributed by atoms with E-state index in [1.807, 2.05) is 6.07 Å². The number of rotatable bonds is 5. The molecule has 0 radical (unpaired) electrons. The van der Waals surface area contributed by atoms with E-state index in [2.05, 4.69) is 17.0 Å². The van der Waals surface area contributed by atoms with Crippen molar-refractivity contribution >= 4 is 11.8 Å². The number of hydrogen-bond donors (Lipinski definition) is 3. The smallest absolute Gasteiger partial charge is 0.0359 e. The van der Waals surface area contributed by atoms with E-state index in [1.54, 1.807) is 0 Å². The van der Waals surface area contributed by atoms with E-state index in [1.165, 1.54) is 5.56 Å². The maximum atomic E-state index is 5.65. The third-order valence-electron chi connectivity index (χ3n) is 2.18. The molecule has 0 heterocycles. The van der Waals surface area contributed by atoms with Gasteiger partial charge in [0.05, 0.1) is 0 Å². The zero-order chi connectivity index (χ0) is 10.4. The molecule has 0 spiro atoms. The fraction of sp³-hybridized carbons (Fsp3) is 0.400. The van der Waals surface area contributed by atoms with Crippen LogP contribution >= 0.6 is 11.8 Å². The fourth-order valence-electron chi connectivity index (χ4n) is 1.46. The molecule has 0 saturated heterocycles. The lowest BCUT2D eigenvalue weighted by molar-refractivity contribution is 0.909. The molecule has 0 unspecified atom stereocenters. The number of halogens is 1. The Balaban J connectivity index is 2.87. The minimum atomic E-state index is 0.547. The van der Waals surface area contributed by atoms with Crippen molar-refractivity contribution in [2.45, 2.75) is 19.5 Å². The van der Waals surface area contributed by atoms with Crippen LogP contribution in [0.3, 0.4) is 0 Å². The van der Waals surface area contributed by atoms with Crippen LogP contribution in [0.15, 0.2) is 18.2 Å². The zero-order valence-corrected chi connectivity index (χ0v) is 8.85. The van der Waals surface area contributed by atoms with Crippen LogP contribution in [0.2, 0.25) is 0 Å². The molecule has 0 amide bonds. The molecule has 0 bridgehead atoms. The minimum absolute atomic E-state index is 0.547. The Hall–Kier alpha value is -0.610. The summed E-state index contributed by atoms with van der Waals surface area (Å²) in [7, 11) is 0. The lowest BCUT2D eigenvalue weighted by Gasteiger charge is -2.08. The molecule has 4 heteroatoms. The minimum Gasteiger partial charge on any atom is -0.330 e. The quantitative estimate of drug-likeness (QED) is 0.637. The predicted octanol–water partition coefficient (Wildman–Crippen LogP) is 0.890. The molecule has 0 atom stereocenters. The second-order valence-corrected chi connectivity index (χ2v) is 3.42. The third-order valence-corrected chi connectivity index (χ3v) is 2.31. The van der Waals surface area contributed by atoms with Crippen LogP contribution < -0.4 is 16.3 Å². The van der Waals surface area contributed by atoms with Gasteiger partial charge in [-0.1, -0.05) is 18.2 Å². The Kier molecular flexibility index (Phi) is 4.90. The van der Waals surface area contributed by atoms with Crippen LogP contribution in [0.4, 0.5) is 0 Å². The van der Waals surface area contributed by atoms with E-state index in [-0.39, 0.29) is 0 Å². The van der Waals surface area contributed by atoms with E-state index in [4.69, 9.17) is 23.2 Å². The van der Waals surface area contributed by atoms with Crippen LogP contribution in [0.5, 0.6) is 0 Å². The van der Waals surface area contributed by atoms with E-state index >= 15 is 0 Å². The highest BCUT2D eigenvalue weighted by molar-refractivity contribution is 6.13. The molecule has 5 N–H and O–H groups in total. The summed E-state index contributed by atoms with van der Waals surface area (Å²) >= 11 is 5.43. The van der Waals surface area contributed by atoms with E-state index in [0.29, 0.717) is 19.6 Å². The molecule has 1 aromatic carbocycles. The Labute approximate surface area is 89.5 Å². The van der Waals surface area contributed by atoms with Gasteiger partial charge in [-0.05, 0) is 41.4 Å². The second kappa shape index (κ2) is 5.98. The van der Waals surface area contributed by atoms with Gasteiger partial charge in [-0.3, -0.25) is 0 Å². The molecule has 78 valence electrons. The van der Waals surface area contributed by atoms with Gasteiger partial charge in [0.2, 0.25) is 0 Å². The highest BCUT2D eigenvalue weighted by Crippen LogP contribution is 2.12. The summed E-state index contributed by atoms with van der Waals surface area (Å²) in [6.07, 6.45) is 0.876. The highest BCUT2D eigenvalue weighted by atomic mass is 35.5. The predicted molar refractivity (Wildman–Crippen MR) is 59.8 cm³/mol. The van der Waals surface area contributed by atoms with Crippen molar-refractivity contribution in [3.8, 4) is 0 Å². The molecule has 1 rings (SSSR count). The number of benzene rings is 1. The standard InChI is InChI=1S/C10H16ClN3/c11-14-7-8-1-2-9(3-4-12)10(5-8)6-13/h1-2,5,14H,3-4,6-7,12-13H2. The van der Waals surface area contributed by atoms with Gasteiger partial charge in [-0.15, -0.1) is 0 Å². The van der Waals surface area contributed by atoms with Crippen LogP contribution in [0.25, 0.3) is 0 Å². The average Bonchev–Trinajstić information content (AvgIpc) is 2.21. The highest BCUT2D eigenvalue weighted by Gasteiger charge is 2.01. The summed E-state index contributed by atoms with van der Waals surface area (Å²) in [5.41, 5.74) is 14.7.